The van der Waals surface area contributed by atoms with E-state index in [0.717, 1.165) is 6.07 Å². The highest BCUT2D eigenvalue weighted by molar-refractivity contribution is 5.73. The molecule has 0 aliphatic rings. The third-order valence-electron chi connectivity index (χ3n) is 1.80. The second kappa shape index (κ2) is 5.41. The predicted molar refractivity (Wildman–Crippen MR) is 51.9 cm³/mol. The van der Waals surface area contributed by atoms with Gasteiger partial charge in [-0.2, -0.15) is 0 Å². The van der Waals surface area contributed by atoms with E-state index >= 15 is 0 Å². The summed E-state index contributed by atoms with van der Waals surface area (Å²) >= 11 is 0. The van der Waals surface area contributed by atoms with Crippen LogP contribution in [0.1, 0.15) is 12.0 Å². The van der Waals surface area contributed by atoms with Gasteiger partial charge in [0.05, 0.1) is 0 Å². The van der Waals surface area contributed by atoms with Crippen LogP contribution >= 0.6 is 0 Å². The largest absolute Gasteiger partial charge is 0.370 e. The van der Waals surface area contributed by atoms with E-state index in [9.17, 15) is 13.6 Å². The molecular weight excluding hydrogens is 202 g/mol. The molecular formula is C10H12F2N2O. The monoisotopic (exact) mass is 214 g/mol. The highest BCUT2D eigenvalue weighted by Gasteiger charge is 2.00. The number of benzene rings is 1. The molecule has 0 heterocycles. The van der Waals surface area contributed by atoms with Gasteiger partial charge in [0.15, 0.2) is 0 Å². The first kappa shape index (κ1) is 11.6. The van der Waals surface area contributed by atoms with E-state index in [1.54, 1.807) is 0 Å². The zero-order chi connectivity index (χ0) is 11.3. The molecule has 1 rings (SSSR count). The van der Waals surface area contributed by atoms with E-state index in [-0.39, 0.29) is 6.42 Å². The van der Waals surface area contributed by atoms with Gasteiger partial charge in [-0.05, 0) is 17.7 Å². The van der Waals surface area contributed by atoms with Gasteiger partial charge in [0.2, 0.25) is 5.91 Å². The van der Waals surface area contributed by atoms with Crippen LogP contribution in [0.2, 0.25) is 0 Å². The van der Waals surface area contributed by atoms with Gasteiger partial charge in [0, 0.05) is 25.6 Å². The fourth-order valence-corrected chi connectivity index (χ4v) is 1.16. The van der Waals surface area contributed by atoms with Gasteiger partial charge in [-0.3, -0.25) is 4.79 Å². The van der Waals surface area contributed by atoms with Crippen LogP contribution in [0.25, 0.3) is 0 Å². The van der Waals surface area contributed by atoms with Crippen LogP contribution in [0.15, 0.2) is 18.2 Å². The Hall–Kier alpha value is -1.49. The zero-order valence-corrected chi connectivity index (χ0v) is 8.09. The molecule has 3 nitrogen and oxygen atoms in total. The number of hydrogen-bond donors (Lipinski definition) is 2. The van der Waals surface area contributed by atoms with E-state index in [0.29, 0.717) is 18.7 Å². The van der Waals surface area contributed by atoms with Gasteiger partial charge < -0.3 is 11.1 Å². The van der Waals surface area contributed by atoms with E-state index in [1.807, 2.05) is 0 Å². The minimum atomic E-state index is -0.610. The maximum Gasteiger partial charge on any atom is 0.218 e. The van der Waals surface area contributed by atoms with Crippen molar-refractivity contribution in [1.82, 2.24) is 5.32 Å². The Morgan fingerprint density at radius 1 is 1.27 bits per heavy atom. The fraction of sp³-hybridized carbons (Fsp3) is 0.300. The van der Waals surface area contributed by atoms with Crippen molar-refractivity contribution in [1.29, 1.82) is 0 Å². The number of halogens is 2. The van der Waals surface area contributed by atoms with Crippen molar-refractivity contribution >= 4 is 5.91 Å². The fourth-order valence-electron chi connectivity index (χ4n) is 1.16. The maximum atomic E-state index is 12.7. The van der Waals surface area contributed by atoms with Gasteiger partial charge in [-0.25, -0.2) is 8.78 Å². The van der Waals surface area contributed by atoms with Crippen molar-refractivity contribution < 1.29 is 13.6 Å². The molecule has 0 radical (unpaired) electrons. The Bertz CT molecular complexity index is 335. The SMILES string of the molecule is NC(=O)CCNCc1cc(F)cc(F)c1. The number of primary amides is 1. The Morgan fingerprint density at radius 2 is 1.87 bits per heavy atom. The summed E-state index contributed by atoms with van der Waals surface area (Å²) in [7, 11) is 0. The quantitative estimate of drug-likeness (QED) is 0.716. The molecule has 0 spiro atoms. The van der Waals surface area contributed by atoms with E-state index in [2.05, 4.69) is 5.32 Å². The van der Waals surface area contributed by atoms with Crippen molar-refractivity contribution in [3.63, 3.8) is 0 Å². The molecule has 5 heteroatoms. The molecule has 0 aliphatic carbocycles. The number of carbonyl (C=O) groups is 1. The van der Waals surface area contributed by atoms with Gasteiger partial charge in [0.25, 0.3) is 0 Å². The smallest absolute Gasteiger partial charge is 0.218 e. The lowest BCUT2D eigenvalue weighted by Gasteiger charge is -2.03. The highest BCUT2D eigenvalue weighted by Crippen LogP contribution is 2.07. The third kappa shape index (κ3) is 4.51. The molecule has 0 fully saturated rings. The Kier molecular flexibility index (Phi) is 4.17. The van der Waals surface area contributed by atoms with Crippen LogP contribution in [0.4, 0.5) is 8.78 Å². The molecule has 1 amide bonds. The van der Waals surface area contributed by atoms with Crippen LogP contribution in [-0.2, 0) is 11.3 Å². The molecule has 0 aromatic heterocycles. The summed E-state index contributed by atoms with van der Waals surface area (Å²) in [6, 6.07) is 3.29. The van der Waals surface area contributed by atoms with Gasteiger partial charge >= 0.3 is 0 Å². The van der Waals surface area contributed by atoms with Crippen molar-refractivity contribution in [2.75, 3.05) is 6.54 Å². The molecule has 1 aromatic carbocycles. The summed E-state index contributed by atoms with van der Waals surface area (Å²) in [5, 5.41) is 2.85. The van der Waals surface area contributed by atoms with Crippen molar-refractivity contribution in [3.05, 3.63) is 35.4 Å². The summed E-state index contributed by atoms with van der Waals surface area (Å²) in [5.41, 5.74) is 5.42. The highest BCUT2D eigenvalue weighted by atomic mass is 19.1. The predicted octanol–water partition coefficient (Wildman–Crippen LogP) is 0.930. The molecule has 15 heavy (non-hydrogen) atoms. The van der Waals surface area contributed by atoms with Gasteiger partial charge in [0.1, 0.15) is 11.6 Å². The van der Waals surface area contributed by atoms with Crippen LogP contribution in [0, 0.1) is 11.6 Å². The number of nitrogens with one attached hydrogen (secondary N) is 1. The summed E-state index contributed by atoms with van der Waals surface area (Å²) in [5.74, 6) is -1.63. The van der Waals surface area contributed by atoms with E-state index in [1.165, 1.54) is 12.1 Å². The summed E-state index contributed by atoms with van der Waals surface area (Å²) in [6.07, 6.45) is 0.206. The Balaban J connectivity index is 2.40. The van der Waals surface area contributed by atoms with Crippen LogP contribution < -0.4 is 11.1 Å². The topological polar surface area (TPSA) is 55.1 Å². The minimum absolute atomic E-state index is 0.206. The van der Waals surface area contributed by atoms with Gasteiger partial charge in [-0.15, -0.1) is 0 Å². The molecule has 0 aliphatic heterocycles. The lowest BCUT2D eigenvalue weighted by molar-refractivity contribution is -0.117. The molecule has 0 unspecified atom stereocenters. The summed E-state index contributed by atoms with van der Waals surface area (Å²) in [6.45, 7) is 0.704. The molecule has 0 saturated carbocycles. The number of hydrogen-bond acceptors (Lipinski definition) is 2. The zero-order valence-electron chi connectivity index (χ0n) is 8.09. The number of nitrogens with two attached hydrogens (primary N) is 1. The Morgan fingerprint density at radius 3 is 2.40 bits per heavy atom. The van der Waals surface area contributed by atoms with Crippen molar-refractivity contribution in [3.8, 4) is 0 Å². The standard InChI is InChI=1S/C10H12F2N2O/c11-8-3-7(4-9(12)5-8)6-14-2-1-10(13)15/h3-5,14H,1-2,6H2,(H2,13,15). The number of amides is 1. The maximum absolute atomic E-state index is 12.7. The van der Waals surface area contributed by atoms with Crippen molar-refractivity contribution in [2.45, 2.75) is 13.0 Å². The van der Waals surface area contributed by atoms with Gasteiger partial charge in [-0.1, -0.05) is 0 Å². The van der Waals surface area contributed by atoms with Crippen LogP contribution in [-0.4, -0.2) is 12.5 Å². The molecule has 1 aromatic rings. The van der Waals surface area contributed by atoms with Crippen LogP contribution in [0.5, 0.6) is 0 Å². The number of rotatable bonds is 5. The lowest BCUT2D eigenvalue weighted by Crippen LogP contribution is -2.21. The average molecular weight is 214 g/mol. The molecule has 82 valence electrons. The average Bonchev–Trinajstić information content (AvgIpc) is 2.10. The molecule has 0 bridgehead atoms. The van der Waals surface area contributed by atoms with Crippen molar-refractivity contribution in [2.24, 2.45) is 5.73 Å². The first-order valence-electron chi connectivity index (χ1n) is 4.52. The minimum Gasteiger partial charge on any atom is -0.370 e. The van der Waals surface area contributed by atoms with Crippen LogP contribution in [0.3, 0.4) is 0 Å². The third-order valence-corrected chi connectivity index (χ3v) is 1.80. The lowest BCUT2D eigenvalue weighted by atomic mass is 10.2. The second-order valence-electron chi connectivity index (χ2n) is 3.17. The molecule has 0 saturated heterocycles. The first-order chi connectivity index (χ1) is 7.08. The van der Waals surface area contributed by atoms with E-state index in [4.69, 9.17) is 5.73 Å². The van der Waals surface area contributed by atoms with E-state index < -0.39 is 17.5 Å². The first-order valence-corrected chi connectivity index (χ1v) is 4.52. The summed E-state index contributed by atoms with van der Waals surface area (Å²) in [4.78, 5) is 10.4. The summed E-state index contributed by atoms with van der Waals surface area (Å²) < 4.78 is 25.4. The molecule has 0 atom stereocenters. The number of carbonyl (C=O) groups excluding carboxylic acids is 1. The second-order valence-corrected chi connectivity index (χ2v) is 3.17. The molecule has 3 N–H and O–H groups in total. The Labute approximate surface area is 86.3 Å². The normalized spacial score (nSPS) is 10.3.